The lowest BCUT2D eigenvalue weighted by Crippen LogP contribution is -2.46. The van der Waals surface area contributed by atoms with Crippen molar-refractivity contribution in [2.75, 3.05) is 13.6 Å². The minimum absolute atomic E-state index is 0.308. The topological polar surface area (TPSA) is 86.7 Å². The molecule has 3 aromatic rings. The Balaban J connectivity index is 0.000000493. The highest BCUT2D eigenvalue weighted by Crippen LogP contribution is 2.45. The summed E-state index contributed by atoms with van der Waals surface area (Å²) in [5.41, 5.74) is 1.90. The number of rotatable bonds is 8. The Labute approximate surface area is 239 Å². The van der Waals surface area contributed by atoms with Crippen LogP contribution in [0.5, 0.6) is 0 Å². The number of carboxylic acids is 1. The molecule has 0 amide bonds. The number of alkyl halides is 3. The van der Waals surface area contributed by atoms with Crippen molar-refractivity contribution in [1.82, 2.24) is 9.62 Å². The van der Waals surface area contributed by atoms with E-state index in [2.05, 4.69) is 65.2 Å². The van der Waals surface area contributed by atoms with Crippen molar-refractivity contribution in [2.45, 2.75) is 60.7 Å². The van der Waals surface area contributed by atoms with Gasteiger partial charge in [-0.2, -0.15) is 13.2 Å². The maximum absolute atomic E-state index is 13.3. The van der Waals surface area contributed by atoms with Gasteiger partial charge in [0, 0.05) is 24.0 Å². The van der Waals surface area contributed by atoms with Gasteiger partial charge in [-0.25, -0.2) is 17.9 Å². The van der Waals surface area contributed by atoms with Crippen LogP contribution in [0.4, 0.5) is 13.2 Å². The van der Waals surface area contributed by atoms with Gasteiger partial charge in [-0.3, -0.25) is 0 Å². The van der Waals surface area contributed by atoms with Crippen LogP contribution in [0, 0.1) is 5.92 Å². The summed E-state index contributed by atoms with van der Waals surface area (Å²) < 4.78 is 61.3. The van der Waals surface area contributed by atoms with Gasteiger partial charge in [-0.1, -0.05) is 78.9 Å². The molecular formula is C31H35F3N2O4S. The molecule has 0 aromatic heterocycles. The number of hydrogen-bond acceptors (Lipinski definition) is 4. The fraction of sp³-hybridized carbons (Fsp3) is 0.387. The summed E-state index contributed by atoms with van der Waals surface area (Å²) in [4.78, 5) is 11.8. The van der Waals surface area contributed by atoms with Gasteiger partial charge in [0.25, 0.3) is 0 Å². The highest BCUT2D eigenvalue weighted by molar-refractivity contribution is 7.89. The molecular weight excluding hydrogens is 553 g/mol. The second kappa shape index (κ2) is 12.8. The summed E-state index contributed by atoms with van der Waals surface area (Å²) in [6.07, 6.45) is 0.767. The lowest BCUT2D eigenvalue weighted by molar-refractivity contribution is -0.192. The number of aliphatic carboxylic acids is 1. The minimum atomic E-state index is -5.08. The summed E-state index contributed by atoms with van der Waals surface area (Å²) in [5.74, 6) is -2.21. The number of carbonyl (C=O) groups is 1. The second-order valence-corrected chi connectivity index (χ2v) is 12.6. The van der Waals surface area contributed by atoms with Crippen LogP contribution in [0.25, 0.3) is 0 Å². The Hall–Kier alpha value is -3.21. The maximum Gasteiger partial charge on any atom is 0.490 e. The van der Waals surface area contributed by atoms with Crippen LogP contribution in [0.1, 0.15) is 43.2 Å². The average molecular weight is 589 g/mol. The largest absolute Gasteiger partial charge is 0.490 e. The first-order valence-corrected chi connectivity index (χ1v) is 15.1. The number of piperidine rings is 1. The van der Waals surface area contributed by atoms with Crippen LogP contribution in [0.2, 0.25) is 0 Å². The number of halogens is 3. The summed E-state index contributed by atoms with van der Waals surface area (Å²) in [7, 11) is -1.35. The SMILES string of the molecule is CN1[C@@H]2CC[C@H]1CC(CC(CNS(=O)(=O)c1ccccc1)(c1ccccc1)c1ccccc1)C2.O=C(O)C(F)(F)F. The zero-order chi connectivity index (χ0) is 29.7. The first kappa shape index (κ1) is 30.7. The first-order chi connectivity index (χ1) is 19.4. The van der Waals surface area contributed by atoms with E-state index in [1.165, 1.54) is 36.8 Å². The number of carboxylic acid groups (broad SMARTS) is 1. The summed E-state index contributed by atoms with van der Waals surface area (Å²) in [5, 5.41) is 7.12. The third kappa shape index (κ3) is 7.36. The molecule has 2 bridgehead atoms. The van der Waals surface area contributed by atoms with Gasteiger partial charge in [0.15, 0.2) is 0 Å². The zero-order valence-electron chi connectivity index (χ0n) is 22.8. The van der Waals surface area contributed by atoms with Gasteiger partial charge in [0.1, 0.15) is 0 Å². The van der Waals surface area contributed by atoms with Crippen LogP contribution < -0.4 is 4.72 Å². The van der Waals surface area contributed by atoms with Crippen LogP contribution >= 0.6 is 0 Å². The predicted octanol–water partition coefficient (Wildman–Crippen LogP) is 5.85. The van der Waals surface area contributed by atoms with Crippen molar-refractivity contribution in [2.24, 2.45) is 5.92 Å². The molecule has 2 aliphatic heterocycles. The molecule has 0 aliphatic carbocycles. The second-order valence-electron chi connectivity index (χ2n) is 10.8. The van der Waals surface area contributed by atoms with Gasteiger partial charge in [0.05, 0.1) is 4.90 Å². The van der Waals surface area contributed by atoms with E-state index in [-0.39, 0.29) is 0 Å². The Morgan fingerprint density at radius 1 is 0.854 bits per heavy atom. The minimum Gasteiger partial charge on any atom is -0.475 e. The molecule has 0 radical (unpaired) electrons. The molecule has 41 heavy (non-hydrogen) atoms. The Kier molecular flexibility index (Phi) is 9.56. The van der Waals surface area contributed by atoms with Crippen molar-refractivity contribution in [1.29, 1.82) is 0 Å². The van der Waals surface area contributed by atoms with Crippen molar-refractivity contribution < 1.29 is 31.5 Å². The van der Waals surface area contributed by atoms with Crippen molar-refractivity contribution >= 4 is 16.0 Å². The molecule has 5 rings (SSSR count). The van der Waals surface area contributed by atoms with Crippen LogP contribution in [-0.4, -0.2) is 56.2 Å². The van der Waals surface area contributed by atoms with Gasteiger partial charge >= 0.3 is 12.1 Å². The molecule has 10 heteroatoms. The summed E-state index contributed by atoms with van der Waals surface area (Å²) in [6.45, 7) is 0.333. The lowest BCUT2D eigenvalue weighted by atomic mass is 9.67. The normalized spacial score (nSPS) is 21.1. The Bertz CT molecular complexity index is 1330. The van der Waals surface area contributed by atoms with E-state index in [0.29, 0.717) is 29.4 Å². The van der Waals surface area contributed by atoms with E-state index in [1.54, 1.807) is 24.3 Å². The fourth-order valence-corrected chi connectivity index (χ4v) is 7.40. The van der Waals surface area contributed by atoms with Crippen LogP contribution in [0.3, 0.4) is 0 Å². The molecule has 2 saturated heterocycles. The number of sulfonamides is 1. The van der Waals surface area contributed by atoms with E-state index in [4.69, 9.17) is 9.90 Å². The monoisotopic (exact) mass is 588 g/mol. The highest BCUT2D eigenvalue weighted by atomic mass is 32.2. The van der Waals surface area contributed by atoms with E-state index >= 15 is 0 Å². The molecule has 2 aliphatic rings. The molecule has 3 atom stereocenters. The van der Waals surface area contributed by atoms with Crippen LogP contribution in [-0.2, 0) is 20.2 Å². The molecule has 6 nitrogen and oxygen atoms in total. The van der Waals surface area contributed by atoms with E-state index < -0.39 is 27.6 Å². The zero-order valence-corrected chi connectivity index (χ0v) is 23.6. The van der Waals surface area contributed by atoms with E-state index in [9.17, 15) is 21.6 Å². The molecule has 3 aromatic carbocycles. The molecule has 1 unspecified atom stereocenters. The number of hydrogen-bond donors (Lipinski definition) is 2. The Morgan fingerprint density at radius 2 is 1.27 bits per heavy atom. The average Bonchev–Trinajstić information content (AvgIpc) is 3.16. The molecule has 2 heterocycles. The highest BCUT2D eigenvalue weighted by Gasteiger charge is 2.44. The third-order valence-corrected chi connectivity index (χ3v) is 9.76. The fourth-order valence-electron chi connectivity index (χ4n) is 6.28. The van der Waals surface area contributed by atoms with Crippen molar-refractivity contribution in [3.8, 4) is 0 Å². The van der Waals surface area contributed by atoms with Gasteiger partial charge in [0.2, 0.25) is 10.0 Å². The van der Waals surface area contributed by atoms with Crippen LogP contribution in [0.15, 0.2) is 95.9 Å². The molecule has 220 valence electrons. The van der Waals surface area contributed by atoms with Crippen molar-refractivity contribution in [3.05, 3.63) is 102 Å². The van der Waals surface area contributed by atoms with Gasteiger partial charge < -0.3 is 10.0 Å². The molecule has 0 spiro atoms. The van der Waals surface area contributed by atoms with Crippen molar-refractivity contribution in [3.63, 3.8) is 0 Å². The number of fused-ring (bicyclic) bond motifs is 2. The molecule has 2 fully saturated rings. The molecule has 0 saturated carbocycles. The standard InChI is InChI=1S/C29H34N2O2S.C2HF3O2/c1-31-26-17-18-27(31)20-23(19-26)21-29(24-11-5-2-6-12-24,25-13-7-3-8-14-25)22-30-34(32,33)28-15-9-4-10-16-28;3-2(4,5)1(6)7/h2-16,23,26-27,30H,17-22H2,1H3;(H,6,7)/t23?,26-,27+;. The number of benzene rings is 3. The lowest BCUT2D eigenvalue weighted by Gasteiger charge is -2.43. The smallest absolute Gasteiger partial charge is 0.475 e. The summed E-state index contributed by atoms with van der Waals surface area (Å²) >= 11 is 0. The predicted molar refractivity (Wildman–Crippen MR) is 151 cm³/mol. The van der Waals surface area contributed by atoms with Gasteiger partial charge in [-0.05, 0) is 68.3 Å². The van der Waals surface area contributed by atoms with Gasteiger partial charge in [-0.15, -0.1) is 0 Å². The Morgan fingerprint density at radius 3 is 1.68 bits per heavy atom. The van der Waals surface area contributed by atoms with E-state index in [1.807, 2.05) is 18.2 Å². The quantitative estimate of drug-likeness (QED) is 0.345. The third-order valence-electron chi connectivity index (χ3n) is 8.35. The first-order valence-electron chi connectivity index (χ1n) is 13.6. The number of nitrogens with zero attached hydrogens (tertiary/aromatic N) is 1. The maximum atomic E-state index is 13.3. The summed E-state index contributed by atoms with van der Waals surface area (Å²) in [6, 6.07) is 31.0. The number of nitrogens with one attached hydrogen (secondary N) is 1. The molecule has 2 N–H and O–H groups in total. The van der Waals surface area contributed by atoms with E-state index in [0.717, 1.165) is 6.42 Å².